The fourth-order valence-electron chi connectivity index (χ4n) is 2.05. The third-order valence-electron chi connectivity index (χ3n) is 3.36. The van der Waals surface area contributed by atoms with Crippen molar-refractivity contribution in [1.29, 1.82) is 0 Å². The third kappa shape index (κ3) is 4.18. The standard InChI is InChI=1S/C13H20N4O2/c1-16-6-8-17(9-7-16)5-4-14-13(19)11-2-3-12(18)15-10-11/h2-3,10H,4-9H2,1H3,(H,14,19)(H,15,18). The number of aromatic amines is 1. The Labute approximate surface area is 112 Å². The zero-order chi connectivity index (χ0) is 13.7. The van der Waals surface area contributed by atoms with Crippen molar-refractivity contribution >= 4 is 5.91 Å². The lowest BCUT2D eigenvalue weighted by Gasteiger charge is -2.32. The molecule has 6 nitrogen and oxygen atoms in total. The van der Waals surface area contributed by atoms with Crippen LogP contribution >= 0.6 is 0 Å². The van der Waals surface area contributed by atoms with Gasteiger partial charge in [0.2, 0.25) is 5.56 Å². The van der Waals surface area contributed by atoms with E-state index in [1.165, 1.54) is 18.3 Å². The number of likely N-dealkylation sites (N-methyl/N-ethyl adjacent to an activating group) is 1. The Kier molecular flexibility index (Phi) is 4.70. The number of hydrogen-bond donors (Lipinski definition) is 2. The Morgan fingerprint density at radius 3 is 2.68 bits per heavy atom. The highest BCUT2D eigenvalue weighted by molar-refractivity contribution is 5.93. The molecule has 2 N–H and O–H groups in total. The molecule has 19 heavy (non-hydrogen) atoms. The second kappa shape index (κ2) is 6.49. The maximum atomic E-state index is 11.8. The molecule has 1 fully saturated rings. The van der Waals surface area contributed by atoms with Gasteiger partial charge in [-0.05, 0) is 13.1 Å². The average molecular weight is 264 g/mol. The van der Waals surface area contributed by atoms with Crippen LogP contribution < -0.4 is 10.9 Å². The lowest BCUT2D eigenvalue weighted by atomic mass is 10.2. The molecular formula is C13H20N4O2. The van der Waals surface area contributed by atoms with E-state index in [1.54, 1.807) is 0 Å². The first kappa shape index (κ1) is 13.8. The Hall–Kier alpha value is -1.66. The van der Waals surface area contributed by atoms with Crippen molar-refractivity contribution in [2.45, 2.75) is 0 Å². The van der Waals surface area contributed by atoms with Gasteiger partial charge in [0, 0.05) is 51.5 Å². The smallest absolute Gasteiger partial charge is 0.252 e. The fourth-order valence-corrected chi connectivity index (χ4v) is 2.05. The molecular weight excluding hydrogens is 244 g/mol. The molecule has 0 aromatic carbocycles. The molecule has 6 heteroatoms. The summed E-state index contributed by atoms with van der Waals surface area (Å²) in [7, 11) is 2.12. The molecule has 0 spiro atoms. The van der Waals surface area contributed by atoms with Gasteiger partial charge in [0.15, 0.2) is 0 Å². The number of nitrogens with zero attached hydrogens (tertiary/aromatic N) is 2. The van der Waals surface area contributed by atoms with E-state index in [9.17, 15) is 9.59 Å². The number of pyridine rings is 1. The summed E-state index contributed by atoms with van der Waals surface area (Å²) >= 11 is 0. The first-order valence-electron chi connectivity index (χ1n) is 6.53. The van der Waals surface area contributed by atoms with E-state index in [1.807, 2.05) is 0 Å². The lowest BCUT2D eigenvalue weighted by molar-refractivity contribution is 0.0940. The molecule has 0 atom stereocenters. The van der Waals surface area contributed by atoms with E-state index in [0.717, 1.165) is 32.7 Å². The lowest BCUT2D eigenvalue weighted by Crippen LogP contribution is -2.46. The molecule has 1 aliphatic heterocycles. The Bertz CT molecular complexity index is 457. The molecule has 0 bridgehead atoms. The highest BCUT2D eigenvalue weighted by atomic mass is 16.1. The van der Waals surface area contributed by atoms with Crippen LogP contribution in [-0.4, -0.2) is 67.0 Å². The molecule has 1 amide bonds. The molecule has 2 heterocycles. The number of H-pyrrole nitrogens is 1. The van der Waals surface area contributed by atoms with Crippen molar-refractivity contribution in [2.75, 3.05) is 46.3 Å². The highest BCUT2D eigenvalue weighted by Gasteiger charge is 2.13. The first-order chi connectivity index (χ1) is 9.15. The largest absolute Gasteiger partial charge is 0.351 e. The van der Waals surface area contributed by atoms with Gasteiger partial charge in [0.1, 0.15) is 0 Å². The van der Waals surface area contributed by atoms with Crippen molar-refractivity contribution in [3.05, 3.63) is 34.2 Å². The van der Waals surface area contributed by atoms with E-state index in [-0.39, 0.29) is 11.5 Å². The van der Waals surface area contributed by atoms with Crippen LogP contribution in [0.4, 0.5) is 0 Å². The summed E-state index contributed by atoms with van der Waals surface area (Å²) in [5.41, 5.74) is 0.284. The quantitative estimate of drug-likeness (QED) is 0.758. The highest BCUT2D eigenvalue weighted by Crippen LogP contribution is 1.98. The summed E-state index contributed by atoms with van der Waals surface area (Å²) in [6, 6.07) is 2.89. The van der Waals surface area contributed by atoms with Gasteiger partial charge in [-0.1, -0.05) is 0 Å². The number of carbonyl (C=O) groups excluding carboxylic acids is 1. The molecule has 1 saturated heterocycles. The van der Waals surface area contributed by atoms with Crippen LogP contribution in [0.15, 0.2) is 23.1 Å². The monoisotopic (exact) mass is 264 g/mol. The molecule has 0 saturated carbocycles. The zero-order valence-corrected chi connectivity index (χ0v) is 11.2. The van der Waals surface area contributed by atoms with Crippen LogP contribution in [0, 0.1) is 0 Å². The normalized spacial score (nSPS) is 17.3. The first-order valence-corrected chi connectivity index (χ1v) is 6.53. The summed E-state index contributed by atoms with van der Waals surface area (Å²) in [5, 5.41) is 2.86. The second-order valence-electron chi connectivity index (χ2n) is 4.84. The molecule has 0 radical (unpaired) electrons. The van der Waals surface area contributed by atoms with Gasteiger partial charge < -0.3 is 15.2 Å². The van der Waals surface area contributed by atoms with Gasteiger partial charge in [0.25, 0.3) is 5.91 Å². The van der Waals surface area contributed by atoms with Crippen molar-refractivity contribution in [2.24, 2.45) is 0 Å². The van der Waals surface area contributed by atoms with E-state index in [0.29, 0.717) is 12.1 Å². The van der Waals surface area contributed by atoms with Crippen LogP contribution in [0.3, 0.4) is 0 Å². The predicted molar refractivity (Wildman–Crippen MR) is 73.3 cm³/mol. The summed E-state index contributed by atoms with van der Waals surface area (Å²) in [6.45, 7) is 5.74. The summed E-state index contributed by atoms with van der Waals surface area (Å²) < 4.78 is 0. The van der Waals surface area contributed by atoms with Gasteiger partial charge in [-0.3, -0.25) is 14.5 Å². The Morgan fingerprint density at radius 1 is 1.32 bits per heavy atom. The molecule has 0 unspecified atom stereocenters. The van der Waals surface area contributed by atoms with Gasteiger partial charge in [-0.25, -0.2) is 0 Å². The fraction of sp³-hybridized carbons (Fsp3) is 0.538. The minimum absolute atomic E-state index is 0.148. The van der Waals surface area contributed by atoms with E-state index >= 15 is 0 Å². The molecule has 0 aliphatic carbocycles. The maximum absolute atomic E-state index is 11.8. The minimum Gasteiger partial charge on any atom is -0.351 e. The third-order valence-corrected chi connectivity index (χ3v) is 3.36. The summed E-state index contributed by atoms with van der Waals surface area (Å²) in [5.74, 6) is -0.148. The Morgan fingerprint density at radius 2 is 2.05 bits per heavy atom. The number of carbonyl (C=O) groups is 1. The number of aromatic nitrogens is 1. The Balaban J connectivity index is 1.72. The number of nitrogens with one attached hydrogen (secondary N) is 2. The topological polar surface area (TPSA) is 68.4 Å². The van der Waals surface area contributed by atoms with Crippen molar-refractivity contribution in [3.8, 4) is 0 Å². The molecule has 1 aromatic heterocycles. The van der Waals surface area contributed by atoms with E-state index in [2.05, 4.69) is 27.1 Å². The molecule has 1 aromatic rings. The second-order valence-corrected chi connectivity index (χ2v) is 4.84. The van der Waals surface area contributed by atoms with Gasteiger partial charge in [-0.2, -0.15) is 0 Å². The van der Waals surface area contributed by atoms with Crippen LogP contribution in [0.2, 0.25) is 0 Å². The molecule has 2 rings (SSSR count). The van der Waals surface area contributed by atoms with Gasteiger partial charge in [0.05, 0.1) is 5.56 Å². The van der Waals surface area contributed by atoms with Crippen molar-refractivity contribution in [1.82, 2.24) is 20.1 Å². The van der Waals surface area contributed by atoms with Crippen LogP contribution in [0.5, 0.6) is 0 Å². The van der Waals surface area contributed by atoms with Gasteiger partial charge in [-0.15, -0.1) is 0 Å². The average Bonchev–Trinajstić information content (AvgIpc) is 2.41. The van der Waals surface area contributed by atoms with Crippen LogP contribution in [-0.2, 0) is 0 Å². The van der Waals surface area contributed by atoms with Crippen LogP contribution in [0.1, 0.15) is 10.4 Å². The number of hydrogen-bond acceptors (Lipinski definition) is 4. The zero-order valence-electron chi connectivity index (χ0n) is 11.2. The van der Waals surface area contributed by atoms with Crippen LogP contribution in [0.25, 0.3) is 0 Å². The SMILES string of the molecule is CN1CCN(CCNC(=O)c2ccc(=O)[nH]c2)CC1. The summed E-state index contributed by atoms with van der Waals surface area (Å²) in [4.78, 5) is 29.8. The van der Waals surface area contributed by atoms with E-state index < -0.39 is 0 Å². The number of piperazine rings is 1. The summed E-state index contributed by atoms with van der Waals surface area (Å²) in [6.07, 6.45) is 1.44. The van der Waals surface area contributed by atoms with Crippen molar-refractivity contribution in [3.63, 3.8) is 0 Å². The predicted octanol–water partition coefficient (Wildman–Crippen LogP) is -0.648. The minimum atomic E-state index is -0.200. The maximum Gasteiger partial charge on any atom is 0.252 e. The number of amides is 1. The molecule has 104 valence electrons. The number of rotatable bonds is 4. The van der Waals surface area contributed by atoms with Crippen molar-refractivity contribution < 1.29 is 4.79 Å². The molecule has 1 aliphatic rings. The van der Waals surface area contributed by atoms with E-state index in [4.69, 9.17) is 0 Å². The van der Waals surface area contributed by atoms with Gasteiger partial charge >= 0.3 is 0 Å².